The number of benzene rings is 7. The Morgan fingerprint density at radius 1 is 0.529 bits per heavy atom. The summed E-state index contributed by atoms with van der Waals surface area (Å²) in [6.45, 7) is 4.06. The third kappa shape index (κ3) is 10.5. The summed E-state index contributed by atoms with van der Waals surface area (Å²) in [5, 5.41) is 3.17. The minimum Gasteiger partial charge on any atom is -0.456 e. The van der Waals surface area contributed by atoms with Gasteiger partial charge in [-0.15, -0.1) is 23.5 Å². The molecule has 342 valence electrons. The predicted molar refractivity (Wildman–Crippen MR) is 278 cm³/mol. The number of amides is 2. The van der Waals surface area contributed by atoms with Crippen molar-refractivity contribution >= 4 is 41.3 Å². The van der Waals surface area contributed by atoms with Crippen LogP contribution >= 0.6 is 23.5 Å². The average Bonchev–Trinajstić information content (AvgIpc) is 3.70. The second-order valence-electron chi connectivity index (χ2n) is 16.5. The van der Waals surface area contributed by atoms with Crippen LogP contribution in [0.3, 0.4) is 0 Å². The standard InChI is InChI=1S/C59H55N3O4S2/c1-44-54(45(2)61-55(44)57(65)66-43-46-24-10-3-11-25-46)56(64)62(39-41-68-59(50-32-18-7-19-33-50,51-34-20-8-21-35-51)52-36-22-9-23-37-52)42-53(63)60-38-40-67-58(47-26-12-4-13-27-47,48-28-14-5-15-29-48)49-30-16-6-17-31-49/h3-37,61H,38-43H2,1-2H3,(H,60,63). The number of hydrogen-bond acceptors (Lipinski definition) is 6. The Hall–Kier alpha value is -7.07. The van der Waals surface area contributed by atoms with Gasteiger partial charge in [-0.3, -0.25) is 9.59 Å². The van der Waals surface area contributed by atoms with Crippen molar-refractivity contribution in [2.45, 2.75) is 29.9 Å². The van der Waals surface area contributed by atoms with Gasteiger partial charge in [0.15, 0.2) is 0 Å². The van der Waals surface area contributed by atoms with E-state index in [1.54, 1.807) is 42.3 Å². The molecule has 0 aliphatic carbocycles. The van der Waals surface area contributed by atoms with E-state index < -0.39 is 15.5 Å². The number of aryl methyl sites for hydroxylation is 1. The van der Waals surface area contributed by atoms with E-state index in [0.29, 0.717) is 34.9 Å². The maximum atomic E-state index is 15.0. The van der Waals surface area contributed by atoms with Gasteiger partial charge in [-0.25, -0.2) is 4.79 Å². The molecule has 0 aliphatic heterocycles. The van der Waals surface area contributed by atoms with Crippen LogP contribution in [0.5, 0.6) is 0 Å². The van der Waals surface area contributed by atoms with Gasteiger partial charge in [-0.05, 0) is 58.4 Å². The summed E-state index contributed by atoms with van der Waals surface area (Å²) in [5.41, 5.74) is 9.15. The summed E-state index contributed by atoms with van der Waals surface area (Å²) in [5.74, 6) is -0.101. The van der Waals surface area contributed by atoms with Crippen LogP contribution in [0.15, 0.2) is 212 Å². The number of aromatic nitrogens is 1. The molecule has 7 nitrogen and oxygen atoms in total. The predicted octanol–water partition coefficient (Wildman–Crippen LogP) is 12.0. The van der Waals surface area contributed by atoms with E-state index in [9.17, 15) is 14.4 Å². The summed E-state index contributed by atoms with van der Waals surface area (Å²) in [4.78, 5) is 47.5. The number of carbonyl (C=O) groups is 3. The van der Waals surface area contributed by atoms with Gasteiger partial charge in [0.1, 0.15) is 12.3 Å². The fraction of sp³-hybridized carbons (Fsp3) is 0.169. The van der Waals surface area contributed by atoms with E-state index in [2.05, 4.69) is 156 Å². The van der Waals surface area contributed by atoms with E-state index in [0.717, 1.165) is 38.9 Å². The molecule has 0 saturated heterocycles. The molecule has 0 spiro atoms. The number of nitrogens with zero attached hydrogens (tertiary/aromatic N) is 1. The summed E-state index contributed by atoms with van der Waals surface area (Å²) in [6, 6.07) is 72.2. The lowest BCUT2D eigenvalue weighted by atomic mass is 9.84. The van der Waals surface area contributed by atoms with Crippen LogP contribution in [-0.4, -0.2) is 58.8 Å². The quantitative estimate of drug-likeness (QED) is 0.0449. The van der Waals surface area contributed by atoms with Gasteiger partial charge < -0.3 is 19.9 Å². The molecule has 0 fully saturated rings. The van der Waals surface area contributed by atoms with Gasteiger partial charge in [0.05, 0.1) is 21.6 Å². The van der Waals surface area contributed by atoms with Crippen LogP contribution in [-0.2, 0) is 25.6 Å². The van der Waals surface area contributed by atoms with Crippen LogP contribution in [0, 0.1) is 13.8 Å². The molecule has 1 aromatic heterocycles. The zero-order valence-corrected chi connectivity index (χ0v) is 40.0. The van der Waals surface area contributed by atoms with Crippen molar-refractivity contribution in [2.24, 2.45) is 0 Å². The lowest BCUT2D eigenvalue weighted by Gasteiger charge is -2.36. The number of H-pyrrole nitrogens is 1. The molecule has 0 radical (unpaired) electrons. The molecular weight excluding hydrogens is 879 g/mol. The van der Waals surface area contributed by atoms with E-state index in [-0.39, 0.29) is 37.2 Å². The summed E-state index contributed by atoms with van der Waals surface area (Å²) in [6.07, 6.45) is 0. The van der Waals surface area contributed by atoms with Crippen molar-refractivity contribution in [1.29, 1.82) is 0 Å². The van der Waals surface area contributed by atoms with Crippen LogP contribution in [0.25, 0.3) is 0 Å². The zero-order chi connectivity index (χ0) is 47.2. The number of ether oxygens (including phenoxy) is 1. The highest BCUT2D eigenvalue weighted by molar-refractivity contribution is 8.00. The first-order valence-corrected chi connectivity index (χ1v) is 24.9. The topological polar surface area (TPSA) is 91.5 Å². The van der Waals surface area contributed by atoms with Crippen LogP contribution in [0.1, 0.15) is 71.0 Å². The Morgan fingerprint density at radius 2 is 0.897 bits per heavy atom. The SMILES string of the molecule is Cc1[nH]c(C(=O)OCc2ccccc2)c(C)c1C(=O)N(CCSC(c1ccccc1)(c1ccccc1)c1ccccc1)CC(=O)NCCSC(c1ccccc1)(c1ccccc1)c1ccccc1. The van der Waals surface area contributed by atoms with E-state index in [4.69, 9.17) is 4.74 Å². The van der Waals surface area contributed by atoms with Crippen molar-refractivity contribution in [3.63, 3.8) is 0 Å². The fourth-order valence-corrected chi connectivity index (χ4v) is 11.9. The molecule has 8 aromatic rings. The van der Waals surface area contributed by atoms with Gasteiger partial charge in [-0.2, -0.15) is 0 Å². The summed E-state index contributed by atoms with van der Waals surface area (Å²) in [7, 11) is 0. The van der Waals surface area contributed by atoms with Crippen molar-refractivity contribution in [2.75, 3.05) is 31.1 Å². The molecule has 8 rings (SSSR count). The molecule has 0 unspecified atom stereocenters. The Kier molecular flexibility index (Phi) is 15.8. The molecule has 1 heterocycles. The van der Waals surface area contributed by atoms with E-state index >= 15 is 0 Å². The number of carbonyl (C=O) groups excluding carboxylic acids is 3. The highest BCUT2D eigenvalue weighted by atomic mass is 32.2. The van der Waals surface area contributed by atoms with E-state index in [1.165, 1.54) is 0 Å². The Morgan fingerprint density at radius 3 is 1.29 bits per heavy atom. The van der Waals surface area contributed by atoms with Gasteiger partial charge in [-0.1, -0.05) is 212 Å². The number of nitrogens with one attached hydrogen (secondary N) is 2. The Bertz CT molecular complexity index is 2670. The van der Waals surface area contributed by atoms with Crippen molar-refractivity contribution in [3.05, 3.63) is 274 Å². The minimum atomic E-state index is -0.629. The van der Waals surface area contributed by atoms with Crippen LogP contribution in [0.4, 0.5) is 0 Å². The van der Waals surface area contributed by atoms with Gasteiger partial charge in [0.2, 0.25) is 5.91 Å². The lowest BCUT2D eigenvalue weighted by molar-refractivity contribution is -0.121. The molecule has 0 aliphatic rings. The van der Waals surface area contributed by atoms with Gasteiger partial charge in [0, 0.05) is 30.3 Å². The van der Waals surface area contributed by atoms with Gasteiger partial charge in [0.25, 0.3) is 5.91 Å². The molecule has 2 amide bonds. The second kappa shape index (κ2) is 22.6. The first-order chi connectivity index (χ1) is 33.3. The second-order valence-corrected chi connectivity index (χ2v) is 19.1. The van der Waals surface area contributed by atoms with Crippen LogP contribution in [0.2, 0.25) is 0 Å². The molecule has 0 bridgehead atoms. The molecule has 9 heteroatoms. The molecule has 0 saturated carbocycles. The van der Waals surface area contributed by atoms with Gasteiger partial charge >= 0.3 is 5.97 Å². The number of aromatic amines is 1. The third-order valence-corrected chi connectivity index (χ3v) is 15.3. The maximum Gasteiger partial charge on any atom is 0.355 e. The molecular formula is C59H55N3O4S2. The molecule has 7 aromatic carbocycles. The molecule has 0 atom stereocenters. The average molecular weight is 934 g/mol. The fourth-order valence-electron chi connectivity index (χ4n) is 8.95. The third-order valence-electron chi connectivity index (χ3n) is 12.2. The summed E-state index contributed by atoms with van der Waals surface area (Å²) < 4.78 is 4.52. The molecule has 2 N–H and O–H groups in total. The summed E-state index contributed by atoms with van der Waals surface area (Å²) >= 11 is 3.49. The number of thioether (sulfide) groups is 2. The number of hydrogen-bond donors (Lipinski definition) is 2. The Labute approximate surface area is 408 Å². The first-order valence-electron chi connectivity index (χ1n) is 22.9. The maximum absolute atomic E-state index is 15.0. The highest BCUT2D eigenvalue weighted by Gasteiger charge is 2.39. The molecule has 68 heavy (non-hydrogen) atoms. The van der Waals surface area contributed by atoms with E-state index in [1.807, 2.05) is 66.7 Å². The monoisotopic (exact) mass is 933 g/mol. The normalized spacial score (nSPS) is 11.4. The largest absolute Gasteiger partial charge is 0.456 e. The number of esters is 1. The van der Waals surface area contributed by atoms with Crippen molar-refractivity contribution in [3.8, 4) is 0 Å². The smallest absolute Gasteiger partial charge is 0.355 e. The Balaban J connectivity index is 1.06. The van der Waals surface area contributed by atoms with Crippen molar-refractivity contribution < 1.29 is 19.1 Å². The highest BCUT2D eigenvalue weighted by Crippen LogP contribution is 2.49. The lowest BCUT2D eigenvalue weighted by Crippen LogP contribution is -2.43. The van der Waals surface area contributed by atoms with Crippen LogP contribution < -0.4 is 5.32 Å². The first kappa shape index (κ1) is 47.4. The number of rotatable bonds is 20. The van der Waals surface area contributed by atoms with Crippen molar-refractivity contribution in [1.82, 2.24) is 15.2 Å². The minimum absolute atomic E-state index is 0.0947. The zero-order valence-electron chi connectivity index (χ0n) is 38.3.